The van der Waals surface area contributed by atoms with Crippen molar-refractivity contribution < 1.29 is 9.90 Å². The van der Waals surface area contributed by atoms with Crippen LogP contribution in [-0.4, -0.2) is 20.6 Å². The molecule has 0 bridgehead atoms. The summed E-state index contributed by atoms with van der Waals surface area (Å²) in [6, 6.07) is 0.571. The molecule has 0 aliphatic heterocycles. The summed E-state index contributed by atoms with van der Waals surface area (Å²) in [5, 5.41) is 8.77. The van der Waals surface area contributed by atoms with Crippen LogP contribution in [0, 0.1) is 0 Å². The van der Waals surface area contributed by atoms with Crippen molar-refractivity contribution in [1.82, 2.24) is 9.55 Å². The zero-order valence-corrected chi connectivity index (χ0v) is 10.3. The van der Waals surface area contributed by atoms with Crippen LogP contribution in [0.5, 0.6) is 0 Å². The Hall–Kier alpha value is -1.32. The van der Waals surface area contributed by atoms with Crippen molar-refractivity contribution in [2.45, 2.75) is 57.4 Å². The molecule has 0 amide bonds. The minimum absolute atomic E-state index is 0.00246. The number of carbonyl (C=O) groups is 1. The Morgan fingerprint density at radius 2 is 2.24 bits per heavy atom. The van der Waals surface area contributed by atoms with Gasteiger partial charge < -0.3 is 9.67 Å². The number of hydrogen-bond donors (Lipinski definition) is 1. The van der Waals surface area contributed by atoms with Gasteiger partial charge in [0.15, 0.2) is 0 Å². The van der Waals surface area contributed by atoms with Crippen molar-refractivity contribution in [2.75, 3.05) is 0 Å². The van der Waals surface area contributed by atoms with Crippen molar-refractivity contribution in [1.29, 1.82) is 0 Å². The van der Waals surface area contributed by atoms with Gasteiger partial charge in [0.1, 0.15) is 0 Å². The number of hydrogen-bond acceptors (Lipinski definition) is 2. The monoisotopic (exact) mass is 236 g/mol. The first-order chi connectivity index (χ1) is 8.16. The summed E-state index contributed by atoms with van der Waals surface area (Å²) in [6.07, 6.45) is 10.4. The number of carboxylic acids is 1. The fourth-order valence-electron chi connectivity index (χ4n) is 2.55. The standard InChI is InChI=1S/C13H20N2O2/c1-10(7-13(16)17)12-8-15(9-14-12)11-5-3-2-4-6-11/h8-11H,2-7H2,1H3,(H,16,17). The van der Waals surface area contributed by atoms with Gasteiger partial charge in [-0.25, -0.2) is 4.98 Å². The molecule has 2 rings (SSSR count). The van der Waals surface area contributed by atoms with E-state index in [4.69, 9.17) is 5.11 Å². The largest absolute Gasteiger partial charge is 0.481 e. The lowest BCUT2D eigenvalue weighted by molar-refractivity contribution is -0.137. The van der Waals surface area contributed by atoms with Crippen molar-refractivity contribution in [2.24, 2.45) is 0 Å². The Labute approximate surface area is 102 Å². The summed E-state index contributed by atoms with van der Waals surface area (Å²) in [5.41, 5.74) is 0.901. The number of nitrogens with zero attached hydrogens (tertiary/aromatic N) is 2. The van der Waals surface area contributed by atoms with Gasteiger partial charge in [0.05, 0.1) is 18.4 Å². The normalized spacial score (nSPS) is 19.1. The predicted octanol–water partition coefficient (Wildman–Crippen LogP) is 2.97. The number of imidazole rings is 1. The molecular formula is C13H20N2O2. The first kappa shape index (κ1) is 12.1. The molecule has 1 aromatic rings. The van der Waals surface area contributed by atoms with Crippen LogP contribution >= 0.6 is 0 Å². The third-order valence-corrected chi connectivity index (χ3v) is 3.60. The summed E-state index contributed by atoms with van der Waals surface area (Å²) in [6.45, 7) is 1.92. The van der Waals surface area contributed by atoms with E-state index in [-0.39, 0.29) is 12.3 Å². The number of carboxylic acid groups (broad SMARTS) is 1. The molecular weight excluding hydrogens is 216 g/mol. The van der Waals surface area contributed by atoms with Crippen LogP contribution in [0.15, 0.2) is 12.5 Å². The maximum Gasteiger partial charge on any atom is 0.304 e. The van der Waals surface area contributed by atoms with Gasteiger partial charge in [-0.2, -0.15) is 0 Å². The van der Waals surface area contributed by atoms with Crippen LogP contribution in [0.25, 0.3) is 0 Å². The predicted molar refractivity (Wildman–Crippen MR) is 65.0 cm³/mol. The molecule has 0 spiro atoms. The third kappa shape index (κ3) is 3.08. The molecule has 1 fully saturated rings. The molecule has 4 nitrogen and oxygen atoms in total. The molecule has 94 valence electrons. The van der Waals surface area contributed by atoms with Gasteiger partial charge in [-0.3, -0.25) is 4.79 Å². The van der Waals surface area contributed by atoms with E-state index in [9.17, 15) is 4.79 Å². The number of aromatic nitrogens is 2. The molecule has 1 unspecified atom stereocenters. The second-order valence-electron chi connectivity index (χ2n) is 5.04. The van der Waals surface area contributed by atoms with Crippen LogP contribution in [0.4, 0.5) is 0 Å². The third-order valence-electron chi connectivity index (χ3n) is 3.60. The average molecular weight is 236 g/mol. The van der Waals surface area contributed by atoms with E-state index in [1.54, 1.807) is 0 Å². The molecule has 0 aromatic carbocycles. The fraction of sp³-hybridized carbons (Fsp3) is 0.692. The SMILES string of the molecule is CC(CC(=O)O)c1cn(C2CCCCC2)cn1. The summed E-state index contributed by atoms with van der Waals surface area (Å²) < 4.78 is 2.17. The summed E-state index contributed by atoms with van der Waals surface area (Å²) in [4.78, 5) is 15.0. The first-order valence-corrected chi connectivity index (χ1v) is 6.42. The molecule has 1 atom stereocenters. The molecule has 4 heteroatoms. The maximum absolute atomic E-state index is 10.7. The summed E-state index contributed by atoms with van der Waals surface area (Å²) in [7, 11) is 0. The molecule has 1 saturated carbocycles. The van der Waals surface area contributed by atoms with E-state index in [2.05, 4.69) is 9.55 Å². The number of rotatable bonds is 4. The van der Waals surface area contributed by atoms with Gasteiger partial charge in [0.2, 0.25) is 0 Å². The van der Waals surface area contributed by atoms with Gasteiger partial charge in [-0.05, 0) is 12.8 Å². The highest BCUT2D eigenvalue weighted by Crippen LogP contribution is 2.29. The van der Waals surface area contributed by atoms with E-state index in [0.717, 1.165) is 5.69 Å². The Kier molecular flexibility index (Phi) is 3.82. The number of aliphatic carboxylic acids is 1. The van der Waals surface area contributed by atoms with E-state index < -0.39 is 5.97 Å². The Balaban J connectivity index is 2.01. The van der Waals surface area contributed by atoms with E-state index in [1.807, 2.05) is 19.4 Å². The maximum atomic E-state index is 10.7. The molecule has 1 aliphatic carbocycles. The van der Waals surface area contributed by atoms with Gasteiger partial charge in [-0.15, -0.1) is 0 Å². The Bertz CT molecular complexity index is 381. The molecule has 1 heterocycles. The molecule has 1 aromatic heterocycles. The van der Waals surface area contributed by atoms with Crippen molar-refractivity contribution in [3.8, 4) is 0 Å². The molecule has 0 saturated heterocycles. The zero-order valence-electron chi connectivity index (χ0n) is 10.3. The van der Waals surface area contributed by atoms with E-state index >= 15 is 0 Å². The summed E-state index contributed by atoms with van der Waals surface area (Å²) >= 11 is 0. The highest BCUT2D eigenvalue weighted by atomic mass is 16.4. The molecule has 1 aliphatic rings. The topological polar surface area (TPSA) is 55.1 Å². The second kappa shape index (κ2) is 5.34. The second-order valence-corrected chi connectivity index (χ2v) is 5.04. The zero-order chi connectivity index (χ0) is 12.3. The minimum Gasteiger partial charge on any atom is -0.481 e. The van der Waals surface area contributed by atoms with Crippen LogP contribution in [0.1, 0.15) is 63.1 Å². The lowest BCUT2D eigenvalue weighted by Gasteiger charge is -2.22. The van der Waals surface area contributed by atoms with Crippen LogP contribution in [0.2, 0.25) is 0 Å². The molecule has 0 radical (unpaired) electrons. The van der Waals surface area contributed by atoms with E-state index in [1.165, 1.54) is 32.1 Å². The smallest absolute Gasteiger partial charge is 0.304 e. The Morgan fingerprint density at radius 1 is 1.53 bits per heavy atom. The van der Waals surface area contributed by atoms with Crippen LogP contribution in [0.3, 0.4) is 0 Å². The van der Waals surface area contributed by atoms with Gasteiger partial charge in [-0.1, -0.05) is 26.2 Å². The van der Waals surface area contributed by atoms with E-state index in [0.29, 0.717) is 6.04 Å². The van der Waals surface area contributed by atoms with Gasteiger partial charge in [0, 0.05) is 18.2 Å². The van der Waals surface area contributed by atoms with Crippen LogP contribution in [-0.2, 0) is 4.79 Å². The lowest BCUT2D eigenvalue weighted by Crippen LogP contribution is -2.11. The average Bonchev–Trinajstić information content (AvgIpc) is 2.78. The minimum atomic E-state index is -0.760. The summed E-state index contributed by atoms with van der Waals surface area (Å²) in [5.74, 6) is -0.762. The quantitative estimate of drug-likeness (QED) is 0.874. The highest BCUT2D eigenvalue weighted by Gasteiger charge is 2.18. The molecule has 17 heavy (non-hydrogen) atoms. The highest BCUT2D eigenvalue weighted by molar-refractivity contribution is 5.67. The van der Waals surface area contributed by atoms with Crippen molar-refractivity contribution >= 4 is 5.97 Å². The van der Waals surface area contributed by atoms with Crippen molar-refractivity contribution in [3.05, 3.63) is 18.2 Å². The van der Waals surface area contributed by atoms with Crippen molar-refractivity contribution in [3.63, 3.8) is 0 Å². The van der Waals surface area contributed by atoms with Gasteiger partial charge in [0.25, 0.3) is 0 Å². The molecule has 1 N–H and O–H groups in total. The van der Waals surface area contributed by atoms with Crippen LogP contribution < -0.4 is 0 Å². The lowest BCUT2D eigenvalue weighted by atomic mass is 9.95. The fourth-order valence-corrected chi connectivity index (χ4v) is 2.55. The Morgan fingerprint density at radius 3 is 2.88 bits per heavy atom. The first-order valence-electron chi connectivity index (χ1n) is 6.42. The van der Waals surface area contributed by atoms with Gasteiger partial charge >= 0.3 is 5.97 Å².